The van der Waals surface area contributed by atoms with Gasteiger partial charge in [-0.15, -0.1) is 0 Å². The van der Waals surface area contributed by atoms with Gasteiger partial charge in [-0.3, -0.25) is 9.59 Å². The number of ketones is 2. The lowest BCUT2D eigenvalue weighted by molar-refractivity contribution is -0.117. The molecule has 0 fully saturated rings. The van der Waals surface area contributed by atoms with E-state index in [1.807, 2.05) is 6.92 Å². The standard InChI is InChI=1S/C11H18O2/c1-3-5-7-11(13)9-6-8-10(12)4-2/h6,9H,3-5,7-8H2,1-2H3. The van der Waals surface area contributed by atoms with Crippen LogP contribution in [0.2, 0.25) is 0 Å². The molecule has 0 aromatic carbocycles. The van der Waals surface area contributed by atoms with Crippen LogP contribution in [0.1, 0.15) is 46.0 Å². The molecule has 0 aromatic heterocycles. The molecule has 0 aliphatic rings. The minimum absolute atomic E-state index is 0.130. The van der Waals surface area contributed by atoms with Gasteiger partial charge < -0.3 is 0 Å². The molecule has 0 atom stereocenters. The number of allylic oxidation sites excluding steroid dienone is 2. The Balaban J connectivity index is 3.59. The van der Waals surface area contributed by atoms with E-state index in [1.54, 1.807) is 6.08 Å². The smallest absolute Gasteiger partial charge is 0.155 e. The molecule has 0 spiro atoms. The number of unbranched alkanes of at least 4 members (excludes halogenated alkanes) is 1. The zero-order valence-electron chi connectivity index (χ0n) is 8.51. The van der Waals surface area contributed by atoms with Crippen molar-refractivity contribution in [3.63, 3.8) is 0 Å². The fraction of sp³-hybridized carbons (Fsp3) is 0.636. The predicted molar refractivity (Wildman–Crippen MR) is 53.6 cm³/mol. The lowest BCUT2D eigenvalue weighted by atomic mass is 10.1. The van der Waals surface area contributed by atoms with E-state index in [2.05, 4.69) is 6.92 Å². The highest BCUT2D eigenvalue weighted by atomic mass is 16.1. The van der Waals surface area contributed by atoms with Crippen molar-refractivity contribution in [1.29, 1.82) is 0 Å². The molecule has 0 rings (SSSR count). The molecule has 0 N–H and O–H groups in total. The molecule has 0 bridgehead atoms. The maximum Gasteiger partial charge on any atom is 0.155 e. The first-order valence-corrected chi connectivity index (χ1v) is 4.91. The van der Waals surface area contributed by atoms with E-state index < -0.39 is 0 Å². The van der Waals surface area contributed by atoms with Crippen LogP contribution in [0.25, 0.3) is 0 Å². The van der Waals surface area contributed by atoms with Crippen molar-refractivity contribution in [2.45, 2.75) is 46.0 Å². The Morgan fingerprint density at radius 2 is 1.92 bits per heavy atom. The average molecular weight is 182 g/mol. The summed E-state index contributed by atoms with van der Waals surface area (Å²) in [6, 6.07) is 0. The average Bonchev–Trinajstić information content (AvgIpc) is 2.14. The first-order chi connectivity index (χ1) is 6.20. The van der Waals surface area contributed by atoms with Gasteiger partial charge in [-0.05, 0) is 12.5 Å². The molecule has 0 saturated carbocycles. The van der Waals surface area contributed by atoms with Gasteiger partial charge >= 0.3 is 0 Å². The van der Waals surface area contributed by atoms with E-state index in [0.29, 0.717) is 19.3 Å². The third-order valence-electron chi connectivity index (χ3n) is 1.82. The van der Waals surface area contributed by atoms with Crippen LogP contribution in [0.3, 0.4) is 0 Å². The van der Waals surface area contributed by atoms with E-state index in [9.17, 15) is 9.59 Å². The zero-order chi connectivity index (χ0) is 10.1. The first kappa shape index (κ1) is 12.1. The lowest BCUT2D eigenvalue weighted by Crippen LogP contribution is -1.94. The molecular weight excluding hydrogens is 164 g/mol. The van der Waals surface area contributed by atoms with Crippen LogP contribution in [-0.2, 0) is 9.59 Å². The number of carbonyl (C=O) groups excluding carboxylic acids is 2. The van der Waals surface area contributed by atoms with Gasteiger partial charge in [0, 0.05) is 19.3 Å². The summed E-state index contributed by atoms with van der Waals surface area (Å²) in [6.07, 6.45) is 6.72. The SMILES string of the molecule is CCCCC(=O)C=CCC(=O)CC. The van der Waals surface area contributed by atoms with Crippen LogP contribution >= 0.6 is 0 Å². The predicted octanol–water partition coefficient (Wildman–Crippen LogP) is 2.67. The molecule has 13 heavy (non-hydrogen) atoms. The number of Topliss-reactive ketones (excluding diaryl/α,β-unsaturated/α-hetero) is 1. The summed E-state index contributed by atoms with van der Waals surface area (Å²) >= 11 is 0. The molecule has 0 amide bonds. The Morgan fingerprint density at radius 1 is 1.23 bits per heavy atom. The molecule has 0 aliphatic heterocycles. The Bertz CT molecular complexity index is 192. The second-order valence-electron chi connectivity index (χ2n) is 3.07. The molecule has 2 nitrogen and oxygen atoms in total. The van der Waals surface area contributed by atoms with Crippen molar-refractivity contribution >= 4 is 11.6 Å². The Hall–Kier alpha value is -0.920. The highest BCUT2D eigenvalue weighted by Gasteiger charge is 1.96. The summed E-state index contributed by atoms with van der Waals surface area (Å²) in [5.74, 6) is 0.310. The highest BCUT2D eigenvalue weighted by molar-refractivity contribution is 5.90. The fourth-order valence-electron chi connectivity index (χ4n) is 0.900. The topological polar surface area (TPSA) is 34.1 Å². The normalized spacial score (nSPS) is 10.6. The lowest BCUT2D eigenvalue weighted by Gasteiger charge is -1.91. The summed E-state index contributed by atoms with van der Waals surface area (Å²) in [5.41, 5.74) is 0. The summed E-state index contributed by atoms with van der Waals surface area (Å²) < 4.78 is 0. The van der Waals surface area contributed by atoms with Gasteiger partial charge in [-0.2, -0.15) is 0 Å². The van der Waals surface area contributed by atoms with Crippen molar-refractivity contribution < 1.29 is 9.59 Å². The number of hydrogen-bond acceptors (Lipinski definition) is 2. The van der Waals surface area contributed by atoms with Crippen LogP contribution < -0.4 is 0 Å². The maximum absolute atomic E-state index is 11.1. The van der Waals surface area contributed by atoms with E-state index in [4.69, 9.17) is 0 Å². The number of carbonyl (C=O) groups is 2. The molecular formula is C11H18O2. The molecule has 2 heteroatoms. The molecule has 0 heterocycles. The Kier molecular flexibility index (Phi) is 7.17. The Morgan fingerprint density at radius 3 is 2.46 bits per heavy atom. The van der Waals surface area contributed by atoms with Crippen molar-refractivity contribution in [2.75, 3.05) is 0 Å². The van der Waals surface area contributed by atoms with Gasteiger partial charge in [0.05, 0.1) is 0 Å². The van der Waals surface area contributed by atoms with Crippen LogP contribution in [0.5, 0.6) is 0 Å². The fourth-order valence-corrected chi connectivity index (χ4v) is 0.900. The summed E-state index contributed by atoms with van der Waals surface area (Å²) in [7, 11) is 0. The summed E-state index contributed by atoms with van der Waals surface area (Å²) in [4.78, 5) is 21.9. The molecule has 0 radical (unpaired) electrons. The molecule has 0 saturated heterocycles. The zero-order valence-corrected chi connectivity index (χ0v) is 8.51. The quantitative estimate of drug-likeness (QED) is 0.567. The molecule has 0 aliphatic carbocycles. The minimum atomic E-state index is 0.130. The highest BCUT2D eigenvalue weighted by Crippen LogP contribution is 1.97. The second-order valence-corrected chi connectivity index (χ2v) is 3.07. The number of rotatable bonds is 7. The van der Waals surface area contributed by atoms with Gasteiger partial charge in [0.1, 0.15) is 5.78 Å². The van der Waals surface area contributed by atoms with Gasteiger partial charge in [-0.25, -0.2) is 0 Å². The Labute approximate surface area is 80.0 Å². The van der Waals surface area contributed by atoms with Crippen molar-refractivity contribution in [3.8, 4) is 0 Å². The van der Waals surface area contributed by atoms with E-state index in [-0.39, 0.29) is 11.6 Å². The van der Waals surface area contributed by atoms with E-state index in [0.717, 1.165) is 12.8 Å². The maximum atomic E-state index is 11.1. The van der Waals surface area contributed by atoms with Crippen molar-refractivity contribution in [1.82, 2.24) is 0 Å². The van der Waals surface area contributed by atoms with E-state index in [1.165, 1.54) is 6.08 Å². The first-order valence-electron chi connectivity index (χ1n) is 4.91. The van der Waals surface area contributed by atoms with Gasteiger partial charge in [0.2, 0.25) is 0 Å². The summed E-state index contributed by atoms with van der Waals surface area (Å²) in [5, 5.41) is 0. The van der Waals surface area contributed by atoms with Crippen LogP contribution in [0.4, 0.5) is 0 Å². The van der Waals surface area contributed by atoms with Crippen molar-refractivity contribution in [3.05, 3.63) is 12.2 Å². The van der Waals surface area contributed by atoms with E-state index >= 15 is 0 Å². The minimum Gasteiger partial charge on any atom is -0.299 e. The van der Waals surface area contributed by atoms with Gasteiger partial charge in [0.25, 0.3) is 0 Å². The monoisotopic (exact) mass is 182 g/mol. The van der Waals surface area contributed by atoms with Crippen LogP contribution in [0, 0.1) is 0 Å². The van der Waals surface area contributed by atoms with Crippen molar-refractivity contribution in [2.24, 2.45) is 0 Å². The van der Waals surface area contributed by atoms with Gasteiger partial charge in [-0.1, -0.05) is 26.3 Å². The number of hydrogen-bond donors (Lipinski definition) is 0. The third-order valence-corrected chi connectivity index (χ3v) is 1.82. The molecule has 0 aromatic rings. The molecule has 0 unspecified atom stereocenters. The summed E-state index contributed by atoms with van der Waals surface area (Å²) in [6.45, 7) is 3.88. The van der Waals surface area contributed by atoms with Crippen LogP contribution in [0.15, 0.2) is 12.2 Å². The second kappa shape index (κ2) is 7.71. The van der Waals surface area contributed by atoms with Crippen LogP contribution in [-0.4, -0.2) is 11.6 Å². The third kappa shape index (κ3) is 7.44. The van der Waals surface area contributed by atoms with Gasteiger partial charge in [0.15, 0.2) is 5.78 Å². The largest absolute Gasteiger partial charge is 0.299 e. The molecule has 74 valence electrons.